The van der Waals surface area contributed by atoms with Crippen molar-refractivity contribution < 1.29 is 14.3 Å². The number of hydrogen-bond acceptors (Lipinski definition) is 2. The standard InChI is InChI=1S/C16H23FN2O2/c1-16(2,12-3-5-13(17)6-4-12)11-18-15(21)19(9-10-20)14-7-8-14/h3-6,14,20H,7-11H2,1-2H3,(H,18,21). The number of aliphatic hydroxyl groups is 1. The van der Waals surface area contributed by atoms with Gasteiger partial charge < -0.3 is 15.3 Å². The van der Waals surface area contributed by atoms with Crippen molar-refractivity contribution in [1.82, 2.24) is 10.2 Å². The number of amides is 2. The highest BCUT2D eigenvalue weighted by atomic mass is 19.1. The van der Waals surface area contributed by atoms with E-state index < -0.39 is 0 Å². The average molecular weight is 294 g/mol. The third-order valence-electron chi connectivity index (χ3n) is 3.90. The summed E-state index contributed by atoms with van der Waals surface area (Å²) in [5, 5.41) is 12.0. The molecule has 2 amide bonds. The van der Waals surface area contributed by atoms with E-state index in [1.807, 2.05) is 13.8 Å². The summed E-state index contributed by atoms with van der Waals surface area (Å²) in [7, 11) is 0. The van der Waals surface area contributed by atoms with Gasteiger partial charge in [0.25, 0.3) is 0 Å². The molecule has 5 heteroatoms. The lowest BCUT2D eigenvalue weighted by Crippen LogP contribution is -2.46. The molecule has 0 spiro atoms. The molecule has 0 bridgehead atoms. The zero-order valence-corrected chi connectivity index (χ0v) is 12.6. The molecule has 0 heterocycles. The minimum absolute atomic E-state index is 0.0225. The molecule has 0 unspecified atom stereocenters. The highest BCUT2D eigenvalue weighted by molar-refractivity contribution is 5.75. The van der Waals surface area contributed by atoms with E-state index >= 15 is 0 Å². The summed E-state index contributed by atoms with van der Waals surface area (Å²) in [4.78, 5) is 13.9. The van der Waals surface area contributed by atoms with Crippen LogP contribution in [0.3, 0.4) is 0 Å². The average Bonchev–Trinajstić information content (AvgIpc) is 3.27. The van der Waals surface area contributed by atoms with Crippen LogP contribution in [0, 0.1) is 5.82 Å². The van der Waals surface area contributed by atoms with Gasteiger partial charge in [-0.05, 0) is 30.5 Å². The Morgan fingerprint density at radius 1 is 1.38 bits per heavy atom. The number of nitrogens with one attached hydrogen (secondary N) is 1. The lowest BCUT2D eigenvalue weighted by atomic mass is 9.84. The van der Waals surface area contributed by atoms with Crippen molar-refractivity contribution in [2.24, 2.45) is 0 Å². The first-order valence-corrected chi connectivity index (χ1v) is 7.35. The molecule has 1 aromatic carbocycles. The quantitative estimate of drug-likeness (QED) is 0.845. The van der Waals surface area contributed by atoms with Gasteiger partial charge in [0.1, 0.15) is 5.82 Å². The molecule has 1 saturated carbocycles. The molecule has 1 fully saturated rings. The highest BCUT2D eigenvalue weighted by Gasteiger charge is 2.32. The monoisotopic (exact) mass is 294 g/mol. The highest BCUT2D eigenvalue weighted by Crippen LogP contribution is 2.27. The number of aliphatic hydroxyl groups excluding tert-OH is 1. The van der Waals surface area contributed by atoms with Crippen LogP contribution >= 0.6 is 0 Å². The first-order chi connectivity index (χ1) is 9.94. The third kappa shape index (κ3) is 4.17. The number of carbonyl (C=O) groups is 1. The van der Waals surface area contributed by atoms with Gasteiger partial charge in [-0.25, -0.2) is 9.18 Å². The second-order valence-electron chi connectivity index (χ2n) is 6.20. The predicted octanol–water partition coefficient (Wildman–Crippen LogP) is 2.27. The lowest BCUT2D eigenvalue weighted by Gasteiger charge is -2.28. The van der Waals surface area contributed by atoms with Crippen LogP contribution in [0.1, 0.15) is 32.3 Å². The van der Waals surface area contributed by atoms with Gasteiger partial charge in [0, 0.05) is 24.5 Å². The minimum Gasteiger partial charge on any atom is -0.395 e. The molecule has 0 radical (unpaired) electrons. The number of carbonyl (C=O) groups excluding carboxylic acids is 1. The normalized spacial score (nSPS) is 14.9. The summed E-state index contributed by atoms with van der Waals surface area (Å²) < 4.78 is 13.0. The van der Waals surface area contributed by atoms with Crippen LogP contribution in [0.5, 0.6) is 0 Å². The molecule has 116 valence electrons. The molecule has 1 aliphatic carbocycles. The summed E-state index contributed by atoms with van der Waals surface area (Å²) in [6.45, 7) is 4.83. The lowest BCUT2D eigenvalue weighted by molar-refractivity contribution is 0.172. The van der Waals surface area contributed by atoms with Gasteiger partial charge in [-0.1, -0.05) is 26.0 Å². The van der Waals surface area contributed by atoms with Gasteiger partial charge in [0.2, 0.25) is 0 Å². The Hall–Kier alpha value is -1.62. The van der Waals surface area contributed by atoms with E-state index in [1.165, 1.54) is 12.1 Å². The molecule has 0 aliphatic heterocycles. The zero-order chi connectivity index (χ0) is 15.5. The maximum Gasteiger partial charge on any atom is 0.317 e. The number of rotatable bonds is 6. The topological polar surface area (TPSA) is 52.6 Å². The second-order valence-corrected chi connectivity index (χ2v) is 6.20. The van der Waals surface area contributed by atoms with Crippen LogP contribution < -0.4 is 5.32 Å². The smallest absolute Gasteiger partial charge is 0.317 e. The SMILES string of the molecule is CC(C)(CNC(=O)N(CCO)C1CC1)c1ccc(F)cc1. The van der Waals surface area contributed by atoms with Gasteiger partial charge in [-0.15, -0.1) is 0 Å². The molecule has 2 rings (SSSR count). The van der Waals surface area contributed by atoms with E-state index in [9.17, 15) is 9.18 Å². The molecule has 0 atom stereocenters. The van der Waals surface area contributed by atoms with E-state index in [2.05, 4.69) is 5.32 Å². The Balaban J connectivity index is 1.93. The van der Waals surface area contributed by atoms with Crippen molar-refractivity contribution >= 4 is 6.03 Å². The van der Waals surface area contributed by atoms with Crippen molar-refractivity contribution in [3.8, 4) is 0 Å². The second kappa shape index (κ2) is 6.43. The Kier molecular flexibility index (Phi) is 4.83. The van der Waals surface area contributed by atoms with E-state index in [0.717, 1.165) is 18.4 Å². The largest absolute Gasteiger partial charge is 0.395 e. The predicted molar refractivity (Wildman–Crippen MR) is 79.6 cm³/mol. The maximum atomic E-state index is 13.0. The fourth-order valence-corrected chi connectivity index (χ4v) is 2.35. The van der Waals surface area contributed by atoms with Crippen molar-refractivity contribution in [3.63, 3.8) is 0 Å². The molecular formula is C16H23FN2O2. The Morgan fingerprint density at radius 2 is 2.00 bits per heavy atom. The molecule has 21 heavy (non-hydrogen) atoms. The third-order valence-corrected chi connectivity index (χ3v) is 3.90. The Labute approximate surface area is 125 Å². The summed E-state index contributed by atoms with van der Waals surface area (Å²) >= 11 is 0. The van der Waals surface area contributed by atoms with Crippen LogP contribution in [0.2, 0.25) is 0 Å². The maximum absolute atomic E-state index is 13.0. The van der Waals surface area contributed by atoms with Crippen LogP contribution in [0.4, 0.5) is 9.18 Å². The molecule has 4 nitrogen and oxygen atoms in total. The van der Waals surface area contributed by atoms with Crippen LogP contribution in [-0.4, -0.2) is 41.8 Å². The van der Waals surface area contributed by atoms with Gasteiger partial charge in [0.05, 0.1) is 6.61 Å². The summed E-state index contributed by atoms with van der Waals surface area (Å²) in [6, 6.07) is 6.48. The Bertz CT molecular complexity index is 484. The molecule has 1 aliphatic rings. The molecule has 1 aromatic rings. The van der Waals surface area contributed by atoms with Crippen LogP contribution in [-0.2, 0) is 5.41 Å². The number of halogens is 1. The fourth-order valence-electron chi connectivity index (χ4n) is 2.35. The number of hydrogen-bond donors (Lipinski definition) is 2. The number of urea groups is 1. The van der Waals surface area contributed by atoms with E-state index in [4.69, 9.17) is 5.11 Å². The van der Waals surface area contributed by atoms with Crippen molar-refractivity contribution in [3.05, 3.63) is 35.6 Å². The van der Waals surface area contributed by atoms with Gasteiger partial charge in [-0.3, -0.25) is 0 Å². The van der Waals surface area contributed by atoms with E-state index in [0.29, 0.717) is 13.1 Å². The van der Waals surface area contributed by atoms with Gasteiger partial charge >= 0.3 is 6.03 Å². The zero-order valence-electron chi connectivity index (χ0n) is 12.6. The molecule has 0 saturated heterocycles. The molecule has 0 aromatic heterocycles. The molecule has 2 N–H and O–H groups in total. The van der Waals surface area contributed by atoms with E-state index in [-0.39, 0.29) is 29.9 Å². The first kappa shape index (κ1) is 15.8. The number of nitrogens with zero attached hydrogens (tertiary/aromatic N) is 1. The summed E-state index contributed by atoms with van der Waals surface area (Å²) in [5.74, 6) is -0.263. The minimum atomic E-state index is -0.280. The van der Waals surface area contributed by atoms with Gasteiger partial charge in [-0.2, -0.15) is 0 Å². The van der Waals surface area contributed by atoms with Crippen molar-refractivity contribution in [2.75, 3.05) is 19.7 Å². The van der Waals surface area contributed by atoms with Crippen LogP contribution in [0.15, 0.2) is 24.3 Å². The molecular weight excluding hydrogens is 271 g/mol. The number of benzene rings is 1. The van der Waals surface area contributed by atoms with Gasteiger partial charge in [0.15, 0.2) is 0 Å². The first-order valence-electron chi connectivity index (χ1n) is 7.35. The van der Waals surface area contributed by atoms with E-state index in [1.54, 1.807) is 17.0 Å². The summed E-state index contributed by atoms with van der Waals surface area (Å²) in [6.07, 6.45) is 2.02. The van der Waals surface area contributed by atoms with Crippen LogP contribution in [0.25, 0.3) is 0 Å². The Morgan fingerprint density at radius 3 is 2.52 bits per heavy atom. The summed E-state index contributed by atoms with van der Waals surface area (Å²) in [5.41, 5.74) is 0.696. The fraction of sp³-hybridized carbons (Fsp3) is 0.562. The van der Waals surface area contributed by atoms with Crippen molar-refractivity contribution in [1.29, 1.82) is 0 Å². The van der Waals surface area contributed by atoms with Crippen molar-refractivity contribution in [2.45, 2.75) is 38.1 Å².